The van der Waals surface area contributed by atoms with Crippen molar-refractivity contribution in [2.45, 2.75) is 19.9 Å². The molecule has 0 fully saturated rings. The van der Waals surface area contributed by atoms with Gasteiger partial charge < -0.3 is 13.9 Å². The fourth-order valence-electron chi connectivity index (χ4n) is 5.35. The van der Waals surface area contributed by atoms with Crippen LogP contribution in [0.25, 0.3) is 28.2 Å². The van der Waals surface area contributed by atoms with Crippen molar-refractivity contribution in [3.63, 3.8) is 0 Å². The molecule has 0 saturated heterocycles. The predicted octanol–water partition coefficient (Wildman–Crippen LogP) is 5.13. The molecule has 0 radical (unpaired) electrons. The maximum Gasteiger partial charge on any atom is 0.338 e. The van der Waals surface area contributed by atoms with Gasteiger partial charge in [-0.3, -0.25) is 19.5 Å². The zero-order valence-corrected chi connectivity index (χ0v) is 24.2. The van der Waals surface area contributed by atoms with E-state index in [1.807, 2.05) is 36.4 Å². The highest BCUT2D eigenvalue weighted by Gasteiger charge is 2.36. The van der Waals surface area contributed by atoms with E-state index in [1.165, 1.54) is 10.6 Å². The van der Waals surface area contributed by atoms with Crippen molar-refractivity contribution in [3.8, 4) is 17.1 Å². The Morgan fingerprint density at radius 1 is 1.12 bits per heavy atom. The quantitative estimate of drug-likeness (QED) is 0.145. The number of nitrogens with zero attached hydrogens (tertiary/aromatic N) is 3. The average molecular weight is 596 g/mol. The molecule has 0 amide bonds. The maximum absolute atomic E-state index is 14.1. The minimum atomic E-state index is -0.877. The van der Waals surface area contributed by atoms with Crippen molar-refractivity contribution >= 4 is 39.8 Å². The number of thiazole rings is 1. The SMILES string of the molecule is CCOC(=O)C1=C(C)N=c2s/c(=C\c3ccc(-c4ccccc4[N+](=O)[O-])o3)c(=O)n2[C@@H]1c1c(OC)ccc2ccccc12. The number of methoxy groups -OCH3 is 1. The summed E-state index contributed by atoms with van der Waals surface area (Å²) in [6, 6.07) is 20.1. The average Bonchev–Trinajstić information content (AvgIpc) is 3.59. The molecule has 0 N–H and O–H groups in total. The molecular weight excluding hydrogens is 570 g/mol. The third-order valence-electron chi connectivity index (χ3n) is 7.21. The second kappa shape index (κ2) is 11.2. The third kappa shape index (κ3) is 4.83. The number of rotatable bonds is 7. The molecule has 2 aromatic heterocycles. The summed E-state index contributed by atoms with van der Waals surface area (Å²) < 4.78 is 18.9. The number of para-hydroxylation sites is 1. The number of carbonyl (C=O) groups is 1. The Hall–Kier alpha value is -5.29. The molecule has 5 aromatic rings. The van der Waals surface area contributed by atoms with Crippen LogP contribution in [0.5, 0.6) is 5.75 Å². The monoisotopic (exact) mass is 595 g/mol. The minimum Gasteiger partial charge on any atom is -0.496 e. The molecule has 0 bridgehead atoms. The van der Waals surface area contributed by atoms with Gasteiger partial charge in [-0.15, -0.1) is 0 Å². The standard InChI is InChI=1S/C32H25N3O7S/c1-4-41-31(37)27-18(2)33-32-34(29(27)28-21-10-6-5-9-19(21)13-15-25(28)40-3)30(36)26(43-32)17-20-14-16-24(42-20)22-11-7-8-12-23(22)35(38)39/h5-17,29H,4H2,1-3H3/b26-17-/t29-/m0/s1. The van der Waals surface area contributed by atoms with Crippen LogP contribution >= 0.6 is 11.3 Å². The van der Waals surface area contributed by atoms with Crippen LogP contribution in [0, 0.1) is 10.1 Å². The Morgan fingerprint density at radius 3 is 2.65 bits per heavy atom. The van der Waals surface area contributed by atoms with Gasteiger partial charge >= 0.3 is 5.97 Å². The lowest BCUT2D eigenvalue weighted by Crippen LogP contribution is -2.40. The molecule has 3 heterocycles. The zero-order chi connectivity index (χ0) is 30.2. The summed E-state index contributed by atoms with van der Waals surface area (Å²) in [5.74, 6) is 0.567. The first kappa shape index (κ1) is 27.9. The van der Waals surface area contributed by atoms with Gasteiger partial charge in [0.05, 0.1) is 40.0 Å². The number of furan rings is 1. The van der Waals surface area contributed by atoms with Crippen LogP contribution in [-0.4, -0.2) is 29.2 Å². The highest BCUT2D eigenvalue weighted by Crippen LogP contribution is 2.40. The van der Waals surface area contributed by atoms with Crippen LogP contribution in [0.15, 0.2) is 98.3 Å². The summed E-state index contributed by atoms with van der Waals surface area (Å²) in [4.78, 5) is 43.6. The molecule has 1 atom stereocenters. The Kier molecular flexibility index (Phi) is 7.24. The lowest BCUT2D eigenvalue weighted by atomic mass is 9.90. The number of benzene rings is 3. The first-order chi connectivity index (χ1) is 20.8. The van der Waals surface area contributed by atoms with E-state index in [0.29, 0.717) is 43.4 Å². The smallest absolute Gasteiger partial charge is 0.338 e. The van der Waals surface area contributed by atoms with E-state index in [-0.39, 0.29) is 23.4 Å². The van der Waals surface area contributed by atoms with E-state index in [0.717, 1.165) is 22.1 Å². The number of nitro groups is 1. The normalized spacial score (nSPS) is 14.9. The Morgan fingerprint density at radius 2 is 1.88 bits per heavy atom. The molecule has 10 nitrogen and oxygen atoms in total. The van der Waals surface area contributed by atoms with Gasteiger partial charge in [-0.25, -0.2) is 9.79 Å². The second-order valence-corrected chi connectivity index (χ2v) is 10.7. The Bertz CT molecular complexity index is 2140. The van der Waals surface area contributed by atoms with Crippen molar-refractivity contribution in [1.82, 2.24) is 4.57 Å². The van der Waals surface area contributed by atoms with E-state index >= 15 is 0 Å². The maximum atomic E-state index is 14.1. The molecule has 0 unspecified atom stereocenters. The molecule has 1 aliphatic rings. The summed E-state index contributed by atoms with van der Waals surface area (Å²) in [5.41, 5.74) is 1.17. The van der Waals surface area contributed by atoms with Gasteiger partial charge in [0.1, 0.15) is 23.3 Å². The summed E-state index contributed by atoms with van der Waals surface area (Å²) in [6.45, 7) is 3.59. The lowest BCUT2D eigenvalue weighted by Gasteiger charge is -2.27. The van der Waals surface area contributed by atoms with Crippen LogP contribution in [0.3, 0.4) is 0 Å². The second-order valence-electron chi connectivity index (χ2n) is 9.68. The molecule has 216 valence electrons. The van der Waals surface area contributed by atoms with Crippen LogP contribution in [0.4, 0.5) is 5.69 Å². The van der Waals surface area contributed by atoms with Crippen LogP contribution in [0.1, 0.15) is 31.2 Å². The number of esters is 1. The van der Waals surface area contributed by atoms with Gasteiger partial charge in [0.25, 0.3) is 11.2 Å². The van der Waals surface area contributed by atoms with Crippen molar-refractivity contribution < 1.29 is 23.6 Å². The van der Waals surface area contributed by atoms with Gasteiger partial charge in [0.2, 0.25) is 0 Å². The number of allylic oxidation sites excluding steroid dienone is 1. The molecule has 6 rings (SSSR count). The highest BCUT2D eigenvalue weighted by atomic mass is 32.1. The van der Waals surface area contributed by atoms with Gasteiger partial charge in [0.15, 0.2) is 4.80 Å². The van der Waals surface area contributed by atoms with E-state index in [9.17, 15) is 19.7 Å². The zero-order valence-electron chi connectivity index (χ0n) is 23.4. The van der Waals surface area contributed by atoms with Crippen LogP contribution in [-0.2, 0) is 9.53 Å². The number of hydrogen-bond donors (Lipinski definition) is 0. The molecule has 0 spiro atoms. The summed E-state index contributed by atoms with van der Waals surface area (Å²) in [6.07, 6.45) is 1.57. The summed E-state index contributed by atoms with van der Waals surface area (Å²) in [5, 5.41) is 13.3. The number of fused-ring (bicyclic) bond motifs is 2. The van der Waals surface area contributed by atoms with E-state index < -0.39 is 16.9 Å². The molecule has 43 heavy (non-hydrogen) atoms. The number of ether oxygens (including phenoxy) is 2. The van der Waals surface area contributed by atoms with Crippen LogP contribution in [0.2, 0.25) is 0 Å². The fourth-order valence-corrected chi connectivity index (χ4v) is 6.37. The van der Waals surface area contributed by atoms with Crippen molar-refractivity contribution in [3.05, 3.63) is 125 Å². The number of nitro benzene ring substituents is 1. The molecule has 3 aromatic carbocycles. The number of carbonyl (C=O) groups excluding carboxylic acids is 1. The minimum absolute atomic E-state index is 0.0891. The van der Waals surface area contributed by atoms with Gasteiger partial charge in [-0.2, -0.15) is 0 Å². The van der Waals surface area contributed by atoms with Gasteiger partial charge in [-0.05, 0) is 48.9 Å². The molecule has 0 aliphatic carbocycles. The largest absolute Gasteiger partial charge is 0.496 e. The Labute approximate surface area is 248 Å². The lowest BCUT2D eigenvalue weighted by molar-refractivity contribution is -0.384. The molecule has 11 heteroatoms. The summed E-state index contributed by atoms with van der Waals surface area (Å²) in [7, 11) is 1.55. The van der Waals surface area contributed by atoms with Gasteiger partial charge in [-0.1, -0.05) is 53.8 Å². The highest BCUT2D eigenvalue weighted by molar-refractivity contribution is 7.07. The summed E-state index contributed by atoms with van der Waals surface area (Å²) >= 11 is 1.15. The van der Waals surface area contributed by atoms with Crippen molar-refractivity contribution in [2.24, 2.45) is 4.99 Å². The van der Waals surface area contributed by atoms with E-state index in [2.05, 4.69) is 4.99 Å². The Balaban J connectivity index is 1.56. The van der Waals surface area contributed by atoms with Gasteiger partial charge in [0, 0.05) is 17.7 Å². The van der Waals surface area contributed by atoms with E-state index in [1.54, 1.807) is 57.4 Å². The predicted molar refractivity (Wildman–Crippen MR) is 162 cm³/mol. The molecule has 0 saturated carbocycles. The molecule has 1 aliphatic heterocycles. The fraction of sp³-hybridized carbons (Fsp3) is 0.156. The third-order valence-corrected chi connectivity index (χ3v) is 8.19. The first-order valence-electron chi connectivity index (χ1n) is 13.4. The van der Waals surface area contributed by atoms with E-state index in [4.69, 9.17) is 13.9 Å². The number of hydrogen-bond acceptors (Lipinski definition) is 9. The topological polar surface area (TPSA) is 126 Å². The molecular formula is C32H25N3O7S. The van der Waals surface area contributed by atoms with Crippen LogP contribution < -0.4 is 19.6 Å². The van der Waals surface area contributed by atoms with Crippen molar-refractivity contribution in [1.29, 1.82) is 0 Å². The van der Waals surface area contributed by atoms with Crippen molar-refractivity contribution in [2.75, 3.05) is 13.7 Å². The first-order valence-corrected chi connectivity index (χ1v) is 14.2. The number of aromatic nitrogens is 1.